The molecule has 0 aliphatic carbocycles. The molecule has 0 spiro atoms. The average Bonchev–Trinajstić information content (AvgIpc) is 2.37. The van der Waals surface area contributed by atoms with Crippen LogP contribution in [0.25, 0.3) is 0 Å². The molecule has 2 aromatic rings. The highest BCUT2D eigenvalue weighted by Gasteiger charge is 2.22. The number of rotatable bonds is 4. The average molecular weight is 372 g/mol. The first-order chi connectivity index (χ1) is 9.81. The number of hydrogen-bond donors (Lipinski definition) is 2. The van der Waals surface area contributed by atoms with Gasteiger partial charge in [0.1, 0.15) is 4.90 Å². The van der Waals surface area contributed by atoms with Crippen LogP contribution in [0.4, 0.5) is 5.82 Å². The van der Waals surface area contributed by atoms with E-state index in [-0.39, 0.29) is 10.7 Å². The van der Waals surface area contributed by atoms with Crippen LogP contribution < -0.4 is 4.72 Å². The van der Waals surface area contributed by atoms with Crippen molar-refractivity contribution in [2.75, 3.05) is 4.72 Å². The quantitative estimate of drug-likeness (QED) is 0.850. The molecule has 1 aromatic carbocycles. The maximum atomic E-state index is 12.3. The van der Waals surface area contributed by atoms with Crippen LogP contribution in [-0.4, -0.2) is 29.5 Å². The molecule has 1 aromatic heterocycles. The highest BCUT2D eigenvalue weighted by Crippen LogP contribution is 2.25. The molecule has 0 saturated heterocycles. The van der Waals surface area contributed by atoms with Crippen LogP contribution >= 0.6 is 15.9 Å². The van der Waals surface area contributed by atoms with Crippen LogP contribution in [0.5, 0.6) is 0 Å². The van der Waals surface area contributed by atoms with Crippen molar-refractivity contribution in [3.8, 4) is 0 Å². The van der Waals surface area contributed by atoms with Crippen LogP contribution in [-0.2, 0) is 10.0 Å². The second-order valence-electron chi connectivity index (χ2n) is 4.10. The van der Waals surface area contributed by atoms with Gasteiger partial charge in [-0.2, -0.15) is 0 Å². The van der Waals surface area contributed by atoms with Crippen LogP contribution in [0.2, 0.25) is 0 Å². The number of carboxylic acid groups (broad SMARTS) is 1. The van der Waals surface area contributed by atoms with Crippen molar-refractivity contribution in [2.24, 2.45) is 0 Å². The number of hydrogen-bond acceptors (Lipinski definition) is 5. The summed E-state index contributed by atoms with van der Waals surface area (Å²) >= 11 is 3.17. The molecule has 21 heavy (non-hydrogen) atoms. The van der Waals surface area contributed by atoms with Crippen LogP contribution in [0.3, 0.4) is 0 Å². The van der Waals surface area contributed by atoms with E-state index >= 15 is 0 Å². The zero-order valence-corrected chi connectivity index (χ0v) is 13.1. The zero-order chi connectivity index (χ0) is 15.6. The third-order valence-electron chi connectivity index (χ3n) is 2.51. The van der Waals surface area contributed by atoms with E-state index in [0.29, 0.717) is 4.47 Å². The van der Waals surface area contributed by atoms with Crippen molar-refractivity contribution >= 4 is 37.7 Å². The smallest absolute Gasteiger partial charge is 0.358 e. The molecule has 0 atom stereocenters. The molecule has 0 aliphatic rings. The van der Waals surface area contributed by atoms with Gasteiger partial charge in [0.15, 0.2) is 11.5 Å². The number of carboxylic acids is 1. The van der Waals surface area contributed by atoms with Gasteiger partial charge in [-0.05, 0) is 40.5 Å². The molecule has 7 nitrogen and oxygen atoms in total. The van der Waals surface area contributed by atoms with Gasteiger partial charge in [-0.1, -0.05) is 6.07 Å². The molecule has 110 valence electrons. The zero-order valence-electron chi connectivity index (χ0n) is 10.7. The Bertz CT molecular complexity index is 808. The first kappa shape index (κ1) is 15.4. The Balaban J connectivity index is 2.45. The predicted molar refractivity (Wildman–Crippen MR) is 78.7 cm³/mol. The van der Waals surface area contributed by atoms with Gasteiger partial charge < -0.3 is 5.11 Å². The summed E-state index contributed by atoms with van der Waals surface area (Å²) in [6.07, 6.45) is 2.37. The second kappa shape index (κ2) is 5.78. The fourth-order valence-electron chi connectivity index (χ4n) is 1.58. The van der Waals surface area contributed by atoms with Crippen molar-refractivity contribution in [2.45, 2.75) is 11.8 Å². The van der Waals surface area contributed by atoms with E-state index in [9.17, 15) is 13.2 Å². The molecule has 0 saturated carbocycles. The van der Waals surface area contributed by atoms with Crippen molar-refractivity contribution in [1.29, 1.82) is 0 Å². The van der Waals surface area contributed by atoms with Crippen molar-refractivity contribution in [3.05, 3.63) is 46.3 Å². The van der Waals surface area contributed by atoms with Crippen molar-refractivity contribution in [3.63, 3.8) is 0 Å². The predicted octanol–water partition coefficient (Wildman–Crippen LogP) is 2.05. The standard InChI is InChI=1S/C12H10BrN3O4S/c1-7-2-3-9(8(13)6-7)21(19,20)16-11-10(12(17)18)14-4-5-15-11/h2-6H,1H3,(H,15,16)(H,17,18). The van der Waals surface area contributed by atoms with Gasteiger partial charge in [0.05, 0.1) is 0 Å². The minimum absolute atomic E-state index is 0.0184. The number of benzene rings is 1. The van der Waals surface area contributed by atoms with Gasteiger partial charge in [-0.15, -0.1) is 0 Å². The van der Waals surface area contributed by atoms with E-state index in [2.05, 4.69) is 30.6 Å². The number of anilines is 1. The summed E-state index contributed by atoms with van der Waals surface area (Å²) < 4.78 is 27.1. The Morgan fingerprint density at radius 1 is 1.29 bits per heavy atom. The minimum atomic E-state index is -3.98. The summed E-state index contributed by atoms with van der Waals surface area (Å²) in [6, 6.07) is 4.69. The number of nitrogens with zero attached hydrogens (tertiary/aromatic N) is 2. The van der Waals surface area contributed by atoms with E-state index in [1.54, 1.807) is 12.1 Å². The molecule has 0 amide bonds. The number of halogens is 1. The molecule has 2 rings (SSSR count). The molecule has 0 aliphatic heterocycles. The summed E-state index contributed by atoms with van der Waals surface area (Å²) in [7, 11) is -3.98. The summed E-state index contributed by atoms with van der Waals surface area (Å²) in [4.78, 5) is 18.3. The maximum absolute atomic E-state index is 12.3. The molecule has 2 N–H and O–H groups in total. The first-order valence-corrected chi connectivity index (χ1v) is 7.92. The number of nitrogens with one attached hydrogen (secondary N) is 1. The number of aryl methyl sites for hydroxylation is 1. The van der Waals surface area contributed by atoms with Gasteiger partial charge in [-0.3, -0.25) is 4.72 Å². The number of sulfonamides is 1. The molecule has 0 radical (unpaired) electrons. The van der Waals surface area contributed by atoms with Crippen LogP contribution in [0, 0.1) is 6.92 Å². The minimum Gasteiger partial charge on any atom is -0.476 e. The first-order valence-electron chi connectivity index (χ1n) is 5.64. The molecule has 0 fully saturated rings. The summed E-state index contributed by atoms with van der Waals surface area (Å²) in [5.74, 6) is -1.71. The van der Waals surface area contributed by atoms with E-state index in [0.717, 1.165) is 5.56 Å². The fourth-order valence-corrected chi connectivity index (χ4v) is 3.78. The molecular weight excluding hydrogens is 362 g/mol. The van der Waals surface area contributed by atoms with Gasteiger partial charge in [0, 0.05) is 16.9 Å². The van der Waals surface area contributed by atoms with E-state index < -0.39 is 21.7 Å². The molecular formula is C12H10BrN3O4S. The second-order valence-corrected chi connectivity index (χ2v) is 6.60. The third-order valence-corrected chi connectivity index (χ3v) is 4.82. The Hall–Kier alpha value is -2.00. The van der Waals surface area contributed by atoms with E-state index in [4.69, 9.17) is 5.11 Å². The lowest BCUT2D eigenvalue weighted by Crippen LogP contribution is -2.18. The summed E-state index contributed by atoms with van der Waals surface area (Å²) in [5.41, 5.74) is 0.413. The van der Waals surface area contributed by atoms with Crippen LogP contribution in [0.15, 0.2) is 40.0 Å². The molecule has 1 heterocycles. The lowest BCUT2D eigenvalue weighted by atomic mass is 10.2. The Kier molecular flexibility index (Phi) is 4.24. The fraction of sp³-hybridized carbons (Fsp3) is 0.0833. The van der Waals surface area contributed by atoms with Gasteiger partial charge >= 0.3 is 5.97 Å². The van der Waals surface area contributed by atoms with Gasteiger partial charge in [-0.25, -0.2) is 23.2 Å². The SMILES string of the molecule is Cc1ccc(S(=O)(=O)Nc2nccnc2C(=O)O)c(Br)c1. The van der Waals surface area contributed by atoms with Crippen molar-refractivity contribution < 1.29 is 18.3 Å². The highest BCUT2D eigenvalue weighted by molar-refractivity contribution is 9.10. The van der Waals surface area contributed by atoms with Crippen LogP contribution in [0.1, 0.15) is 16.1 Å². The number of aromatic carboxylic acids is 1. The Labute approximate surface area is 129 Å². The number of aromatic nitrogens is 2. The highest BCUT2D eigenvalue weighted by atomic mass is 79.9. The third kappa shape index (κ3) is 3.37. The van der Waals surface area contributed by atoms with E-state index in [1.807, 2.05) is 6.92 Å². The lowest BCUT2D eigenvalue weighted by molar-refractivity contribution is 0.0691. The normalized spacial score (nSPS) is 11.1. The van der Waals surface area contributed by atoms with Gasteiger partial charge in [0.2, 0.25) is 0 Å². The molecule has 9 heteroatoms. The van der Waals surface area contributed by atoms with Crippen molar-refractivity contribution in [1.82, 2.24) is 9.97 Å². The monoisotopic (exact) mass is 371 g/mol. The largest absolute Gasteiger partial charge is 0.476 e. The lowest BCUT2D eigenvalue weighted by Gasteiger charge is -2.10. The topological polar surface area (TPSA) is 109 Å². The number of carbonyl (C=O) groups is 1. The molecule has 0 unspecified atom stereocenters. The Morgan fingerprint density at radius 2 is 1.95 bits per heavy atom. The molecule has 0 bridgehead atoms. The van der Waals surface area contributed by atoms with Gasteiger partial charge in [0.25, 0.3) is 10.0 Å². The maximum Gasteiger partial charge on any atom is 0.358 e. The van der Waals surface area contributed by atoms with E-state index in [1.165, 1.54) is 18.5 Å². The summed E-state index contributed by atoms with van der Waals surface area (Å²) in [5, 5.41) is 8.98. The Morgan fingerprint density at radius 3 is 2.57 bits per heavy atom. The summed E-state index contributed by atoms with van der Waals surface area (Å²) in [6.45, 7) is 1.82.